The third-order valence-corrected chi connectivity index (χ3v) is 21.1. The van der Waals surface area contributed by atoms with Crippen LogP contribution in [0.3, 0.4) is 0 Å². The van der Waals surface area contributed by atoms with Gasteiger partial charge in [-0.2, -0.15) is 20.3 Å². The van der Waals surface area contributed by atoms with Gasteiger partial charge in [-0.05, 0) is 131 Å². The highest BCUT2D eigenvalue weighted by Crippen LogP contribution is 2.46. The molecule has 0 radical (unpaired) electrons. The van der Waals surface area contributed by atoms with Crippen LogP contribution in [-0.4, -0.2) is 174 Å². The van der Waals surface area contributed by atoms with Crippen molar-refractivity contribution in [1.29, 1.82) is 0 Å². The molecule has 612 valence electrons. The minimum absolute atomic E-state index is 0.0488. The minimum Gasteiger partial charge on any atom is -0.449 e. The maximum atomic E-state index is 15.6. The molecule has 16 rings (SSSR count). The highest BCUT2D eigenvalue weighted by atomic mass is 127. The lowest BCUT2D eigenvalue weighted by Gasteiger charge is -2.36. The zero-order chi connectivity index (χ0) is 82.5. The molecule has 0 N–H and O–H groups in total. The highest BCUT2D eigenvalue weighted by Gasteiger charge is 2.42. The van der Waals surface area contributed by atoms with Gasteiger partial charge in [-0.15, -0.1) is 0 Å². The standard InChI is InChI=1S/C27H30FN5O5.C25H25FN6O3.C25H31FN4O6.C4H5IN2/c1-5-19-11-18(7-8-37-19)33(27(35)36-6-2)23-20-9-16(22-14-31(3)15-29-22)10-21(28)25(20)38-26(23)24(34)17-12-30-32(4)13-17;1-4-17-9-16(5-6-34-17)32-22-18-7-14(20-12-30(2)13-27-20)8-19(26)23(18)35-24(22)21(29-25(32)33)15-10-28-31(3)11-15;1-6-17-12-16(8-9-35-17)30(25(32)34-7-2)21-18-10-15(20-13-28(3)14-27-20)11-19(26)22(18)36-23(21)24(31)29(4)33-5;1-7-3-4(5)2-6-7/h9-10,12-15,18-19H,5-8,11H2,1-4H3;7-8,10-13,16-17H,4-6,9H2,1-3H3;10-11,13-14,16-17H,6-9,12H2,1-5H3;2-3H,1H3/t18-,19-;2*16-,17-;/m000./s1. The first kappa shape index (κ1) is 82.7. The van der Waals surface area contributed by atoms with Crippen molar-refractivity contribution in [2.75, 3.05) is 57.0 Å². The van der Waals surface area contributed by atoms with Gasteiger partial charge in [-0.25, -0.2) is 47.6 Å². The lowest BCUT2D eigenvalue weighted by Crippen LogP contribution is -2.46. The predicted octanol–water partition coefficient (Wildman–Crippen LogP) is 14.6. The fraction of sp³-hybridized carbons (Fsp3) is 0.407. The van der Waals surface area contributed by atoms with Crippen molar-refractivity contribution in [2.45, 2.75) is 129 Å². The van der Waals surface area contributed by atoms with Crippen LogP contribution in [-0.2, 0) is 70.8 Å². The fourth-order valence-electron chi connectivity index (χ4n) is 14.8. The Bertz CT molecular complexity index is 5770. The molecule has 3 amide bonds. The van der Waals surface area contributed by atoms with Gasteiger partial charge in [-0.1, -0.05) is 20.8 Å². The number of furan rings is 3. The van der Waals surface area contributed by atoms with Crippen LogP contribution in [0.4, 0.5) is 34.1 Å². The van der Waals surface area contributed by atoms with Crippen LogP contribution >= 0.6 is 22.6 Å². The first-order chi connectivity index (χ1) is 55.8. The second-order valence-corrected chi connectivity index (χ2v) is 29.8. The van der Waals surface area contributed by atoms with Gasteiger partial charge in [-0.3, -0.25) is 42.8 Å². The van der Waals surface area contributed by atoms with Gasteiger partial charge in [0.05, 0.1) is 102 Å². The maximum Gasteiger partial charge on any atom is 0.414 e. The number of halogens is 4. The van der Waals surface area contributed by atoms with Crippen molar-refractivity contribution in [3.63, 3.8) is 0 Å². The van der Waals surface area contributed by atoms with Gasteiger partial charge in [0.1, 0.15) is 22.6 Å². The lowest BCUT2D eigenvalue weighted by molar-refractivity contribution is -0.0772. The molecule has 3 saturated heterocycles. The Morgan fingerprint density at radius 3 is 1.41 bits per heavy atom. The summed E-state index contributed by atoms with van der Waals surface area (Å²) in [7, 11) is 13.6. The second kappa shape index (κ2) is 35.8. The molecular weight excluding hydrogens is 1620 g/mol. The van der Waals surface area contributed by atoms with E-state index >= 15 is 13.2 Å². The molecule has 0 aliphatic carbocycles. The molecule has 0 unspecified atom stereocenters. The molecule has 0 bridgehead atoms. The molecule has 13 heterocycles. The number of aromatic nitrogens is 14. The van der Waals surface area contributed by atoms with E-state index in [-0.39, 0.29) is 106 Å². The van der Waals surface area contributed by atoms with Gasteiger partial charge in [0, 0.05) is 163 Å². The first-order valence-electron chi connectivity index (χ1n) is 38.2. The Balaban J connectivity index is 0.000000145. The van der Waals surface area contributed by atoms with Gasteiger partial charge in [0.25, 0.3) is 0 Å². The number of carbonyl (C=O) groups is 4. The summed E-state index contributed by atoms with van der Waals surface area (Å²) in [6.45, 7) is 11.2. The van der Waals surface area contributed by atoms with Crippen LogP contribution in [0.5, 0.6) is 0 Å². The minimum atomic E-state index is -0.684. The third kappa shape index (κ3) is 17.5. The van der Waals surface area contributed by atoms with Crippen LogP contribution in [0.25, 0.3) is 89.0 Å². The number of ketones is 1. The predicted molar refractivity (Wildman–Crippen MR) is 432 cm³/mol. The van der Waals surface area contributed by atoms with Gasteiger partial charge >= 0.3 is 23.8 Å². The lowest BCUT2D eigenvalue weighted by atomic mass is 9.98. The SMILES string of the molecule is CCOC(=O)N(c1c(C(=O)N(C)OC)oc2c(F)cc(-c3cn(C)cn3)cc12)[C@H]1CCO[C@@H](CC)C1.CCOC(=O)N(c1c(C(=O)c2cnn(C)c2)oc2c(F)cc(-c3cn(C)cn3)cc12)[C@H]1CCO[C@@H](CC)C1.CC[C@H]1C[C@@H](n2c(=O)nc(-c3cnn(C)c3)c3oc4c(F)cc(-c5cn(C)cn5)cc4c32)CCO1.Cn1cc(I)cn1. The van der Waals surface area contributed by atoms with Crippen molar-refractivity contribution in [3.05, 3.63) is 160 Å². The number of rotatable bonds is 18. The number of amides is 3. The number of aryl methyl sites for hydroxylation is 6. The summed E-state index contributed by atoms with van der Waals surface area (Å²) in [5.41, 5.74) is 5.14. The third-order valence-electron chi connectivity index (χ3n) is 20.5. The Hall–Kier alpha value is -11.3. The summed E-state index contributed by atoms with van der Waals surface area (Å²) in [6, 6.07) is 8.38. The summed E-state index contributed by atoms with van der Waals surface area (Å²) in [6.07, 6.45) is 24.7. The Kier molecular flexibility index (Phi) is 25.6. The number of fused-ring (bicyclic) bond motifs is 5. The van der Waals surface area contributed by atoms with Crippen molar-refractivity contribution in [3.8, 4) is 45.0 Å². The summed E-state index contributed by atoms with van der Waals surface area (Å²) < 4.78 is 106. The van der Waals surface area contributed by atoms with Crippen LogP contribution in [0.1, 0.15) is 125 Å². The second-order valence-electron chi connectivity index (χ2n) is 28.6. The fourth-order valence-corrected chi connectivity index (χ4v) is 15.3. The number of imidazole rings is 3. The van der Waals surface area contributed by atoms with Gasteiger partial charge in [0.15, 0.2) is 45.5 Å². The number of benzene rings is 3. The van der Waals surface area contributed by atoms with E-state index < -0.39 is 47.0 Å². The van der Waals surface area contributed by atoms with Crippen LogP contribution in [0, 0.1) is 21.0 Å². The van der Waals surface area contributed by atoms with E-state index in [2.05, 4.69) is 64.7 Å². The monoisotopic (exact) mass is 1710 g/mol. The molecule has 31 nitrogen and oxygen atoms in total. The van der Waals surface area contributed by atoms with Crippen LogP contribution in [0.15, 0.2) is 129 Å². The number of hydrogen-bond acceptors (Lipinski definition) is 21. The van der Waals surface area contributed by atoms with E-state index in [4.69, 9.17) is 41.8 Å². The van der Waals surface area contributed by atoms with Crippen molar-refractivity contribution in [1.82, 2.24) is 72.6 Å². The summed E-state index contributed by atoms with van der Waals surface area (Å²) in [5, 5.41) is 14.2. The van der Waals surface area contributed by atoms with E-state index in [1.165, 1.54) is 56.6 Å². The molecule has 0 saturated carbocycles. The number of hydroxylamine groups is 2. The van der Waals surface area contributed by atoms with Gasteiger partial charge < -0.3 is 50.6 Å². The molecule has 35 heteroatoms. The largest absolute Gasteiger partial charge is 0.449 e. The first-order valence-corrected chi connectivity index (χ1v) is 39.3. The van der Waals surface area contributed by atoms with Crippen LogP contribution < -0.4 is 15.5 Å². The number of anilines is 2. The van der Waals surface area contributed by atoms with Crippen LogP contribution in [0.2, 0.25) is 0 Å². The zero-order valence-electron chi connectivity index (χ0n) is 66.6. The van der Waals surface area contributed by atoms with Crippen molar-refractivity contribution >= 4 is 102 Å². The summed E-state index contributed by atoms with van der Waals surface area (Å²) in [4.78, 5) is 92.8. The number of ether oxygens (including phenoxy) is 5. The number of carbonyl (C=O) groups excluding carboxylic acids is 4. The van der Waals surface area contributed by atoms with E-state index in [1.807, 2.05) is 66.7 Å². The molecule has 0 spiro atoms. The molecule has 3 aliphatic rings. The summed E-state index contributed by atoms with van der Waals surface area (Å²) in [5.74, 6) is -3.44. The average Bonchev–Trinajstić information content (AvgIpc) is 1.57. The molecule has 3 aliphatic heterocycles. The van der Waals surface area contributed by atoms with Crippen molar-refractivity contribution in [2.24, 2.45) is 42.3 Å². The summed E-state index contributed by atoms with van der Waals surface area (Å²) >= 11 is 2.22. The zero-order valence-corrected chi connectivity index (χ0v) is 68.7. The Morgan fingerprint density at radius 2 is 0.983 bits per heavy atom. The molecule has 13 aromatic rings. The molecule has 10 aromatic heterocycles. The smallest absolute Gasteiger partial charge is 0.414 e. The molecule has 3 aromatic carbocycles. The maximum absolute atomic E-state index is 15.6. The number of nitrogens with zero attached hydrogens (tertiary/aromatic N) is 17. The quantitative estimate of drug-likeness (QED) is 0.0437. The van der Waals surface area contributed by atoms with Crippen molar-refractivity contribution < 1.29 is 74.1 Å². The Labute approximate surface area is 677 Å². The Morgan fingerprint density at radius 1 is 0.534 bits per heavy atom. The van der Waals surface area contributed by atoms with E-state index in [0.717, 1.165) is 24.3 Å². The van der Waals surface area contributed by atoms with E-state index in [9.17, 15) is 24.0 Å². The number of hydrogen-bond donors (Lipinski definition) is 0. The molecular formula is C81H91F3IN17O14. The van der Waals surface area contributed by atoms with Gasteiger partial charge in [0.2, 0.25) is 11.5 Å². The van der Waals surface area contributed by atoms with E-state index in [0.29, 0.717) is 120 Å². The molecule has 6 atom stereocenters. The normalized spacial score (nSPS) is 17.5. The molecule has 116 heavy (non-hydrogen) atoms. The average molecular weight is 1710 g/mol. The highest BCUT2D eigenvalue weighted by molar-refractivity contribution is 14.1. The molecule has 3 fully saturated rings. The van der Waals surface area contributed by atoms with E-state index in [1.54, 1.807) is 118 Å². The topological polar surface area (TPSA) is 315 Å².